The molecule has 0 spiro atoms. The highest BCUT2D eigenvalue weighted by Gasteiger charge is 2.44. The summed E-state index contributed by atoms with van der Waals surface area (Å²) < 4.78 is 11.1. The highest BCUT2D eigenvalue weighted by atomic mass is 16.6. The van der Waals surface area contributed by atoms with E-state index in [2.05, 4.69) is 6.08 Å². The van der Waals surface area contributed by atoms with Gasteiger partial charge in [0.05, 0.1) is 6.61 Å². The molecule has 0 unspecified atom stereocenters. The monoisotopic (exact) mass is 273 g/mol. The van der Waals surface area contributed by atoms with Gasteiger partial charge in [0.15, 0.2) is 0 Å². The van der Waals surface area contributed by atoms with Gasteiger partial charge in [0.2, 0.25) is 0 Å². The van der Waals surface area contributed by atoms with Crippen LogP contribution in [0, 0.1) is 5.92 Å². The van der Waals surface area contributed by atoms with Crippen LogP contribution in [0.1, 0.15) is 18.9 Å². The lowest BCUT2D eigenvalue weighted by Crippen LogP contribution is -2.37. The fourth-order valence-corrected chi connectivity index (χ4v) is 2.92. The first-order valence-electron chi connectivity index (χ1n) is 7.03. The molecule has 0 aliphatic carbocycles. The molecule has 1 aromatic rings. The van der Waals surface area contributed by atoms with Gasteiger partial charge in [0.1, 0.15) is 12.8 Å². The van der Waals surface area contributed by atoms with E-state index in [0.29, 0.717) is 25.7 Å². The summed E-state index contributed by atoms with van der Waals surface area (Å²) in [7, 11) is 0. The van der Waals surface area contributed by atoms with Crippen molar-refractivity contribution >= 4 is 6.09 Å². The minimum atomic E-state index is -0.279. The number of ether oxygens (including phenoxy) is 2. The van der Waals surface area contributed by atoms with Gasteiger partial charge in [-0.05, 0) is 24.5 Å². The molecule has 2 heterocycles. The number of carbonyl (C=O) groups is 1. The Morgan fingerprint density at radius 1 is 1.45 bits per heavy atom. The summed E-state index contributed by atoms with van der Waals surface area (Å²) in [6.07, 6.45) is 2.65. The Labute approximate surface area is 119 Å². The van der Waals surface area contributed by atoms with Crippen LogP contribution in [0.25, 0.3) is 0 Å². The van der Waals surface area contributed by atoms with Crippen molar-refractivity contribution in [2.24, 2.45) is 5.92 Å². The summed E-state index contributed by atoms with van der Waals surface area (Å²) >= 11 is 0. The van der Waals surface area contributed by atoms with Crippen molar-refractivity contribution < 1.29 is 14.3 Å². The zero-order valence-corrected chi connectivity index (χ0v) is 11.6. The van der Waals surface area contributed by atoms with E-state index in [9.17, 15) is 4.79 Å². The van der Waals surface area contributed by atoms with Crippen molar-refractivity contribution in [2.45, 2.75) is 26.2 Å². The topological polar surface area (TPSA) is 38.8 Å². The largest absolute Gasteiger partial charge is 0.444 e. The van der Waals surface area contributed by atoms with Gasteiger partial charge in [-0.2, -0.15) is 0 Å². The number of likely N-dealkylation sites (tertiary alicyclic amines) is 1. The third-order valence-corrected chi connectivity index (χ3v) is 4.04. The number of rotatable bonds is 2. The van der Waals surface area contributed by atoms with Gasteiger partial charge in [-0.15, -0.1) is 0 Å². The number of fused-ring (bicyclic) bond motifs is 1. The molecule has 2 aliphatic rings. The van der Waals surface area contributed by atoms with Crippen LogP contribution in [-0.2, 0) is 16.1 Å². The second-order valence-corrected chi connectivity index (χ2v) is 5.19. The molecule has 4 heteroatoms. The van der Waals surface area contributed by atoms with Crippen LogP contribution in [0.15, 0.2) is 42.0 Å². The number of hydrogen-bond acceptors (Lipinski definition) is 3. The molecule has 4 nitrogen and oxygen atoms in total. The maximum absolute atomic E-state index is 12.2. The molecule has 3 rings (SSSR count). The molecule has 2 saturated heterocycles. The lowest BCUT2D eigenvalue weighted by molar-refractivity contribution is -0.01000. The van der Waals surface area contributed by atoms with E-state index in [1.165, 1.54) is 5.57 Å². The Balaban J connectivity index is 1.59. The maximum atomic E-state index is 12.2. The summed E-state index contributed by atoms with van der Waals surface area (Å²) in [5, 5.41) is 0. The molecule has 106 valence electrons. The molecule has 1 amide bonds. The second kappa shape index (κ2) is 5.67. The SMILES string of the molecule is C/C=C1\CO[C@H]2[C@@H]1CCN2C(=O)OCc1ccccc1. The molecule has 0 aromatic heterocycles. The number of benzene rings is 1. The first kappa shape index (κ1) is 13.2. The summed E-state index contributed by atoms with van der Waals surface area (Å²) in [6.45, 7) is 3.68. The second-order valence-electron chi connectivity index (χ2n) is 5.19. The smallest absolute Gasteiger partial charge is 0.412 e. The normalized spacial score (nSPS) is 26.9. The quantitative estimate of drug-likeness (QED) is 0.778. The van der Waals surface area contributed by atoms with Gasteiger partial charge >= 0.3 is 6.09 Å². The summed E-state index contributed by atoms with van der Waals surface area (Å²) in [4.78, 5) is 13.9. The van der Waals surface area contributed by atoms with Crippen molar-refractivity contribution in [3.05, 3.63) is 47.5 Å². The maximum Gasteiger partial charge on any atom is 0.412 e. The van der Waals surface area contributed by atoms with E-state index in [-0.39, 0.29) is 12.3 Å². The summed E-state index contributed by atoms with van der Waals surface area (Å²) in [5.41, 5.74) is 2.30. The molecular weight excluding hydrogens is 254 g/mol. The van der Waals surface area contributed by atoms with Crippen LogP contribution >= 0.6 is 0 Å². The lowest BCUT2D eigenvalue weighted by atomic mass is 10.00. The average molecular weight is 273 g/mol. The number of nitrogens with zero attached hydrogens (tertiary/aromatic N) is 1. The third kappa shape index (κ3) is 2.43. The zero-order chi connectivity index (χ0) is 13.9. The van der Waals surface area contributed by atoms with Gasteiger partial charge in [-0.3, -0.25) is 4.90 Å². The molecule has 0 saturated carbocycles. The number of hydrogen-bond donors (Lipinski definition) is 0. The van der Waals surface area contributed by atoms with Crippen LogP contribution in [0.3, 0.4) is 0 Å². The van der Waals surface area contributed by atoms with E-state index in [1.807, 2.05) is 37.3 Å². The van der Waals surface area contributed by atoms with Gasteiger partial charge in [0.25, 0.3) is 0 Å². The first-order valence-corrected chi connectivity index (χ1v) is 7.03. The molecular formula is C16H19NO3. The van der Waals surface area contributed by atoms with Crippen LogP contribution in [0.2, 0.25) is 0 Å². The van der Waals surface area contributed by atoms with E-state index in [4.69, 9.17) is 9.47 Å². The van der Waals surface area contributed by atoms with Crippen molar-refractivity contribution in [2.75, 3.05) is 13.2 Å². The molecule has 1 aromatic carbocycles. The fourth-order valence-electron chi connectivity index (χ4n) is 2.92. The molecule has 0 N–H and O–H groups in total. The highest BCUT2D eigenvalue weighted by molar-refractivity contribution is 5.68. The first-order chi connectivity index (χ1) is 9.79. The zero-order valence-electron chi connectivity index (χ0n) is 11.6. The van der Waals surface area contributed by atoms with Crippen LogP contribution in [-0.4, -0.2) is 30.4 Å². The third-order valence-electron chi connectivity index (χ3n) is 4.04. The summed E-state index contributed by atoms with van der Waals surface area (Å²) in [5.74, 6) is 0.351. The van der Waals surface area contributed by atoms with Crippen molar-refractivity contribution in [3.8, 4) is 0 Å². The fraction of sp³-hybridized carbons (Fsp3) is 0.438. The minimum absolute atomic E-state index is 0.135. The lowest BCUT2D eigenvalue weighted by Gasteiger charge is -2.22. The van der Waals surface area contributed by atoms with E-state index in [1.54, 1.807) is 4.90 Å². The Kier molecular flexibility index (Phi) is 3.74. The number of carbonyl (C=O) groups excluding carboxylic acids is 1. The Hall–Kier alpha value is -1.81. The molecule has 0 radical (unpaired) electrons. The predicted molar refractivity (Wildman–Crippen MR) is 74.9 cm³/mol. The molecule has 20 heavy (non-hydrogen) atoms. The Morgan fingerprint density at radius 2 is 2.25 bits per heavy atom. The standard InChI is InChI=1S/C16H19NO3/c1-2-13-11-19-15-14(13)8-9-17(15)16(18)20-10-12-6-4-3-5-7-12/h2-7,14-15H,8-11H2,1H3/b13-2+/t14-,15+/m1/s1. The van der Waals surface area contributed by atoms with Crippen LogP contribution in [0.4, 0.5) is 4.79 Å². The molecule has 0 bridgehead atoms. The van der Waals surface area contributed by atoms with Crippen LogP contribution < -0.4 is 0 Å². The van der Waals surface area contributed by atoms with Crippen molar-refractivity contribution in [1.82, 2.24) is 4.90 Å². The van der Waals surface area contributed by atoms with Crippen molar-refractivity contribution in [3.63, 3.8) is 0 Å². The summed E-state index contributed by atoms with van der Waals surface area (Å²) in [6, 6.07) is 9.72. The van der Waals surface area contributed by atoms with Gasteiger partial charge in [0, 0.05) is 12.5 Å². The molecule has 2 aliphatic heterocycles. The van der Waals surface area contributed by atoms with Gasteiger partial charge in [-0.1, -0.05) is 36.4 Å². The van der Waals surface area contributed by atoms with E-state index >= 15 is 0 Å². The van der Waals surface area contributed by atoms with Crippen LogP contribution in [0.5, 0.6) is 0 Å². The Bertz CT molecular complexity index is 512. The van der Waals surface area contributed by atoms with Gasteiger partial charge < -0.3 is 9.47 Å². The van der Waals surface area contributed by atoms with Crippen molar-refractivity contribution in [1.29, 1.82) is 0 Å². The molecule has 2 atom stereocenters. The van der Waals surface area contributed by atoms with Gasteiger partial charge in [-0.25, -0.2) is 4.79 Å². The van der Waals surface area contributed by atoms with E-state index < -0.39 is 0 Å². The average Bonchev–Trinajstić information content (AvgIpc) is 3.07. The molecule has 2 fully saturated rings. The minimum Gasteiger partial charge on any atom is -0.444 e. The number of amides is 1. The van der Waals surface area contributed by atoms with E-state index in [0.717, 1.165) is 12.0 Å². The number of allylic oxidation sites excluding steroid dienone is 1. The Morgan fingerprint density at radius 3 is 3.00 bits per heavy atom. The predicted octanol–water partition coefficient (Wildman–Crippen LogP) is 2.95. The highest BCUT2D eigenvalue weighted by Crippen LogP contribution is 2.37.